The number of hydrogen-bond donors (Lipinski definition) is 1. The zero-order chi connectivity index (χ0) is 19.4. The van der Waals surface area contributed by atoms with Crippen molar-refractivity contribution in [2.45, 2.75) is 38.3 Å². The number of nitro benzene ring substituents is 1. The zero-order valence-electron chi connectivity index (χ0n) is 15.3. The maximum Gasteiger partial charge on any atom is 0.273 e. The standard InChI is InChI=1S/C20H22N2O5/c1-13(27-19-12-15(22(24)25)10-11-18(19)26-2)20(23)21-17-9-5-7-14-6-3-4-8-16(14)17/h3-4,6,8,10-13,17H,5,7,9H2,1-2H3,(H,21,23)/t13-,17-/m1/s1. The summed E-state index contributed by atoms with van der Waals surface area (Å²) < 4.78 is 10.9. The Morgan fingerprint density at radius 3 is 2.78 bits per heavy atom. The fourth-order valence-electron chi connectivity index (χ4n) is 3.31. The molecule has 1 N–H and O–H groups in total. The molecule has 7 heteroatoms. The van der Waals surface area contributed by atoms with Gasteiger partial charge in [0.1, 0.15) is 0 Å². The molecule has 0 radical (unpaired) electrons. The number of carbonyl (C=O) groups is 1. The lowest BCUT2D eigenvalue weighted by atomic mass is 9.87. The highest BCUT2D eigenvalue weighted by Crippen LogP contribution is 2.33. The Labute approximate surface area is 157 Å². The number of nitro groups is 1. The third-order valence-electron chi connectivity index (χ3n) is 4.72. The van der Waals surface area contributed by atoms with Gasteiger partial charge >= 0.3 is 0 Å². The van der Waals surface area contributed by atoms with E-state index in [-0.39, 0.29) is 23.4 Å². The fraction of sp³-hybridized carbons (Fsp3) is 0.350. The summed E-state index contributed by atoms with van der Waals surface area (Å²) in [7, 11) is 1.44. The number of methoxy groups -OCH3 is 1. The van der Waals surface area contributed by atoms with Gasteiger partial charge in [0, 0.05) is 6.07 Å². The molecule has 27 heavy (non-hydrogen) atoms. The Morgan fingerprint density at radius 2 is 2.04 bits per heavy atom. The van der Waals surface area contributed by atoms with Crippen molar-refractivity contribution in [2.75, 3.05) is 7.11 Å². The SMILES string of the molecule is COc1ccc([N+](=O)[O-])cc1O[C@H](C)C(=O)N[C@@H]1CCCc2ccccc21. The number of aryl methyl sites for hydroxylation is 1. The Bertz CT molecular complexity index is 852. The lowest BCUT2D eigenvalue weighted by Crippen LogP contribution is -2.39. The van der Waals surface area contributed by atoms with Gasteiger partial charge in [-0.25, -0.2) is 0 Å². The van der Waals surface area contributed by atoms with E-state index in [0.717, 1.165) is 24.8 Å². The Kier molecular flexibility index (Phi) is 5.59. The van der Waals surface area contributed by atoms with Crippen LogP contribution in [-0.4, -0.2) is 24.0 Å². The molecule has 0 aromatic heterocycles. The van der Waals surface area contributed by atoms with Crippen molar-refractivity contribution in [3.05, 3.63) is 63.7 Å². The number of hydrogen-bond acceptors (Lipinski definition) is 5. The molecule has 0 saturated carbocycles. The molecule has 1 aliphatic rings. The minimum absolute atomic E-state index is 0.0551. The van der Waals surface area contributed by atoms with E-state index in [2.05, 4.69) is 11.4 Å². The van der Waals surface area contributed by atoms with Crippen LogP contribution in [0, 0.1) is 10.1 Å². The molecule has 7 nitrogen and oxygen atoms in total. The van der Waals surface area contributed by atoms with E-state index in [9.17, 15) is 14.9 Å². The molecule has 1 amide bonds. The second kappa shape index (κ2) is 8.07. The van der Waals surface area contributed by atoms with Crippen LogP contribution >= 0.6 is 0 Å². The van der Waals surface area contributed by atoms with Crippen LogP contribution in [0.5, 0.6) is 11.5 Å². The number of carbonyl (C=O) groups excluding carboxylic acids is 1. The summed E-state index contributed by atoms with van der Waals surface area (Å²) in [4.78, 5) is 23.1. The monoisotopic (exact) mass is 370 g/mol. The quantitative estimate of drug-likeness (QED) is 0.620. The van der Waals surface area contributed by atoms with Crippen molar-refractivity contribution in [1.29, 1.82) is 0 Å². The van der Waals surface area contributed by atoms with Gasteiger partial charge in [0.15, 0.2) is 17.6 Å². The van der Waals surface area contributed by atoms with Crippen molar-refractivity contribution >= 4 is 11.6 Å². The van der Waals surface area contributed by atoms with Crippen molar-refractivity contribution in [2.24, 2.45) is 0 Å². The molecule has 0 heterocycles. The van der Waals surface area contributed by atoms with E-state index < -0.39 is 11.0 Å². The predicted molar refractivity (Wildman–Crippen MR) is 100 cm³/mol. The van der Waals surface area contributed by atoms with E-state index in [1.807, 2.05) is 18.2 Å². The summed E-state index contributed by atoms with van der Waals surface area (Å²) >= 11 is 0. The van der Waals surface area contributed by atoms with Crippen molar-refractivity contribution in [3.8, 4) is 11.5 Å². The van der Waals surface area contributed by atoms with Crippen LogP contribution in [0.1, 0.15) is 36.9 Å². The Balaban J connectivity index is 1.72. The fourth-order valence-corrected chi connectivity index (χ4v) is 3.31. The van der Waals surface area contributed by atoms with E-state index in [4.69, 9.17) is 9.47 Å². The molecule has 0 spiro atoms. The predicted octanol–water partition coefficient (Wildman–Crippen LogP) is 3.56. The topological polar surface area (TPSA) is 90.7 Å². The molecule has 0 fully saturated rings. The van der Waals surface area contributed by atoms with Crippen LogP contribution < -0.4 is 14.8 Å². The van der Waals surface area contributed by atoms with Gasteiger partial charge in [0.05, 0.1) is 24.1 Å². The van der Waals surface area contributed by atoms with Crippen LogP contribution in [0.2, 0.25) is 0 Å². The lowest BCUT2D eigenvalue weighted by Gasteiger charge is -2.27. The van der Waals surface area contributed by atoms with E-state index in [1.165, 1.54) is 30.9 Å². The first-order chi connectivity index (χ1) is 13.0. The summed E-state index contributed by atoms with van der Waals surface area (Å²) in [6.07, 6.45) is 2.07. The second-order valence-electron chi connectivity index (χ2n) is 6.50. The van der Waals surface area contributed by atoms with Gasteiger partial charge in [0.25, 0.3) is 11.6 Å². The van der Waals surface area contributed by atoms with Crippen LogP contribution in [0.15, 0.2) is 42.5 Å². The smallest absolute Gasteiger partial charge is 0.273 e. The van der Waals surface area contributed by atoms with E-state index in [1.54, 1.807) is 6.92 Å². The van der Waals surface area contributed by atoms with Crippen molar-refractivity contribution in [1.82, 2.24) is 5.32 Å². The average Bonchev–Trinajstić information content (AvgIpc) is 2.68. The number of fused-ring (bicyclic) bond motifs is 1. The molecule has 0 aliphatic heterocycles. The summed E-state index contributed by atoms with van der Waals surface area (Å²) in [6.45, 7) is 1.61. The number of nitrogens with zero attached hydrogens (tertiary/aromatic N) is 1. The number of amides is 1. The van der Waals surface area contributed by atoms with Crippen molar-refractivity contribution in [3.63, 3.8) is 0 Å². The van der Waals surface area contributed by atoms with Gasteiger partial charge < -0.3 is 14.8 Å². The Morgan fingerprint density at radius 1 is 1.26 bits per heavy atom. The van der Waals surface area contributed by atoms with E-state index >= 15 is 0 Å². The number of ether oxygens (including phenoxy) is 2. The highest BCUT2D eigenvalue weighted by atomic mass is 16.6. The van der Waals surface area contributed by atoms with Crippen LogP contribution in [0.3, 0.4) is 0 Å². The molecule has 0 bridgehead atoms. The van der Waals surface area contributed by atoms with E-state index in [0.29, 0.717) is 5.75 Å². The lowest BCUT2D eigenvalue weighted by molar-refractivity contribution is -0.385. The minimum atomic E-state index is -0.824. The Hall–Kier alpha value is -3.09. The number of non-ortho nitro benzene ring substituents is 1. The maximum absolute atomic E-state index is 12.6. The third-order valence-corrected chi connectivity index (χ3v) is 4.72. The zero-order valence-corrected chi connectivity index (χ0v) is 15.3. The summed E-state index contributed by atoms with van der Waals surface area (Å²) in [5.41, 5.74) is 2.26. The highest BCUT2D eigenvalue weighted by Gasteiger charge is 2.25. The maximum atomic E-state index is 12.6. The molecule has 0 saturated heterocycles. The average molecular weight is 370 g/mol. The van der Waals surface area contributed by atoms with Crippen LogP contribution in [0.25, 0.3) is 0 Å². The highest BCUT2D eigenvalue weighted by molar-refractivity contribution is 5.81. The van der Waals surface area contributed by atoms with Crippen LogP contribution in [-0.2, 0) is 11.2 Å². The molecular weight excluding hydrogens is 348 g/mol. The normalized spacial score (nSPS) is 16.7. The van der Waals surface area contributed by atoms with Gasteiger partial charge in [0.2, 0.25) is 0 Å². The molecule has 2 atom stereocenters. The largest absolute Gasteiger partial charge is 0.493 e. The van der Waals surface area contributed by atoms with Crippen LogP contribution in [0.4, 0.5) is 5.69 Å². The summed E-state index contributed by atoms with van der Waals surface area (Å²) in [5.74, 6) is 0.229. The molecule has 142 valence electrons. The van der Waals surface area contributed by atoms with Gasteiger partial charge in [-0.05, 0) is 43.4 Å². The summed E-state index contributed by atoms with van der Waals surface area (Å²) in [5, 5.41) is 14.0. The first-order valence-corrected chi connectivity index (χ1v) is 8.87. The van der Waals surface area contributed by atoms with Gasteiger partial charge in [-0.3, -0.25) is 14.9 Å². The molecule has 2 aromatic carbocycles. The van der Waals surface area contributed by atoms with Crippen molar-refractivity contribution < 1.29 is 19.2 Å². The van der Waals surface area contributed by atoms with Gasteiger partial charge in [-0.2, -0.15) is 0 Å². The molecule has 3 rings (SSSR count). The third kappa shape index (κ3) is 4.19. The number of nitrogens with one attached hydrogen (secondary N) is 1. The van der Waals surface area contributed by atoms with Gasteiger partial charge in [-0.15, -0.1) is 0 Å². The first-order valence-electron chi connectivity index (χ1n) is 8.87. The summed E-state index contributed by atoms with van der Waals surface area (Å²) in [6, 6.07) is 12.1. The second-order valence-corrected chi connectivity index (χ2v) is 6.50. The molecular formula is C20H22N2O5. The minimum Gasteiger partial charge on any atom is -0.493 e. The molecule has 2 aromatic rings. The molecule has 0 unspecified atom stereocenters. The number of rotatable bonds is 6. The molecule has 1 aliphatic carbocycles. The number of benzene rings is 2. The first kappa shape index (κ1) is 18.7. The van der Waals surface area contributed by atoms with Gasteiger partial charge in [-0.1, -0.05) is 24.3 Å².